The second-order valence-electron chi connectivity index (χ2n) is 14.2. The lowest BCUT2D eigenvalue weighted by Gasteiger charge is -2.39. The molecule has 0 aliphatic carbocycles. The number of hydrogen-bond donors (Lipinski definition) is 2. The molecule has 57 heavy (non-hydrogen) atoms. The van der Waals surface area contributed by atoms with Crippen molar-refractivity contribution in [3.05, 3.63) is 102 Å². The highest BCUT2D eigenvalue weighted by Crippen LogP contribution is 2.44. The number of ketones is 1. The first-order valence-electron chi connectivity index (χ1n) is 17.7. The van der Waals surface area contributed by atoms with Crippen LogP contribution in [0.25, 0.3) is 0 Å². The summed E-state index contributed by atoms with van der Waals surface area (Å²) in [5.41, 5.74) is 1.03. The predicted molar refractivity (Wildman–Crippen MR) is 217 cm³/mol. The van der Waals surface area contributed by atoms with Gasteiger partial charge in [-0.15, -0.1) is 0 Å². The Kier molecular flexibility index (Phi) is 13.5. The summed E-state index contributed by atoms with van der Waals surface area (Å²) in [6.45, 7) is 10.8. The van der Waals surface area contributed by atoms with Crippen LogP contribution in [0.3, 0.4) is 0 Å². The molecule has 1 amide bonds. The highest BCUT2D eigenvalue weighted by atomic mass is 32.2. The average molecular weight is 830 g/mol. The number of halogens is 2. The van der Waals surface area contributed by atoms with E-state index in [9.17, 15) is 35.2 Å². The number of benzene rings is 4. The van der Waals surface area contributed by atoms with Crippen molar-refractivity contribution in [3.8, 4) is 11.5 Å². The van der Waals surface area contributed by atoms with Gasteiger partial charge in [-0.2, -0.15) is 0 Å². The van der Waals surface area contributed by atoms with Crippen LogP contribution in [-0.4, -0.2) is 82.5 Å². The summed E-state index contributed by atoms with van der Waals surface area (Å²) >= 11 is 0. The lowest BCUT2D eigenvalue weighted by atomic mass is 9.80. The fourth-order valence-corrected chi connectivity index (χ4v) is 7.91. The quantitative estimate of drug-likeness (QED) is 0.237. The molecular weight excluding hydrogens is 783 g/mol. The fourth-order valence-electron chi connectivity index (χ4n) is 5.98. The lowest BCUT2D eigenvalue weighted by Crippen LogP contribution is -2.50. The minimum Gasteiger partial charge on any atom is -0.480 e. The largest absolute Gasteiger partial charge is 0.488 e. The van der Waals surface area contributed by atoms with Crippen molar-refractivity contribution in [1.29, 1.82) is 0 Å². The number of fused-ring (bicyclic) bond motifs is 2. The summed E-state index contributed by atoms with van der Waals surface area (Å²) in [5.74, 6) is -0.110. The number of amides is 1. The fraction of sp³-hybridized carbons (Fsp3) is 0.333. The minimum absolute atomic E-state index is 0.0215. The Morgan fingerprint density at radius 2 is 1.16 bits per heavy atom. The molecule has 4 aromatic carbocycles. The van der Waals surface area contributed by atoms with Crippen LogP contribution in [0.2, 0.25) is 0 Å². The van der Waals surface area contributed by atoms with Gasteiger partial charge in [-0.05, 0) is 102 Å². The van der Waals surface area contributed by atoms with Crippen LogP contribution in [0.4, 0.5) is 31.5 Å². The zero-order valence-corrected chi connectivity index (χ0v) is 34.5. The first-order chi connectivity index (χ1) is 26.4. The van der Waals surface area contributed by atoms with Gasteiger partial charge in [-0.25, -0.2) is 25.6 Å². The van der Waals surface area contributed by atoms with Gasteiger partial charge in [0.2, 0.25) is 20.0 Å². The molecule has 2 aliphatic rings. The molecule has 2 heterocycles. The molecule has 0 saturated carbocycles. The van der Waals surface area contributed by atoms with Crippen LogP contribution in [0.15, 0.2) is 84.9 Å². The maximum atomic E-state index is 13.3. The van der Waals surface area contributed by atoms with Crippen molar-refractivity contribution in [3.63, 3.8) is 0 Å². The Balaban J connectivity index is 0.000000210. The molecule has 306 valence electrons. The van der Waals surface area contributed by atoms with E-state index in [1.54, 1.807) is 77.9 Å². The molecule has 6 rings (SSSR count). The molecule has 0 aromatic heterocycles. The molecule has 0 bridgehead atoms. The van der Waals surface area contributed by atoms with Crippen molar-refractivity contribution in [2.75, 3.05) is 39.1 Å². The molecule has 0 fully saturated rings. The summed E-state index contributed by atoms with van der Waals surface area (Å²) in [6.07, 6.45) is 2.62. The number of nitrogens with zero attached hydrogens (tertiary/aromatic N) is 3. The molecule has 0 radical (unpaired) electrons. The number of sulfonamides is 2. The predicted octanol–water partition coefficient (Wildman–Crippen LogP) is 4.71. The van der Waals surface area contributed by atoms with Crippen LogP contribution < -0.4 is 28.4 Å². The van der Waals surface area contributed by atoms with Gasteiger partial charge in [-0.1, -0.05) is 18.2 Å². The Labute approximate surface area is 332 Å². The summed E-state index contributed by atoms with van der Waals surface area (Å²) in [5, 5.41) is 17.1. The van der Waals surface area contributed by atoms with E-state index in [2.05, 4.69) is 0 Å². The second kappa shape index (κ2) is 17.2. The average Bonchev–Trinajstić information content (AvgIpc) is 3.10. The van der Waals surface area contributed by atoms with Crippen LogP contribution in [0, 0.1) is 11.6 Å². The highest BCUT2D eigenvalue weighted by molar-refractivity contribution is 7.92. The van der Waals surface area contributed by atoms with E-state index < -0.39 is 44.2 Å². The topological polar surface area (TPSA) is 171 Å². The molecule has 0 unspecified atom stereocenters. The van der Waals surface area contributed by atoms with Crippen LogP contribution in [0.5, 0.6) is 11.5 Å². The van der Waals surface area contributed by atoms with Crippen molar-refractivity contribution >= 4 is 67.1 Å². The third kappa shape index (κ3) is 10.7. The Bertz CT molecular complexity index is 2330. The zero-order valence-electron chi connectivity index (χ0n) is 32.9. The minimum atomic E-state index is -3.45. The van der Waals surface area contributed by atoms with E-state index in [1.807, 2.05) is 0 Å². The number of carbonyl (C=O) groups excluding carboxylic acids is 2. The molecule has 4 aromatic rings. The van der Waals surface area contributed by atoms with Crippen molar-refractivity contribution in [2.45, 2.75) is 59.2 Å². The van der Waals surface area contributed by atoms with Gasteiger partial charge in [0.25, 0.3) is 5.91 Å². The third-order valence-corrected chi connectivity index (χ3v) is 11.4. The summed E-state index contributed by atoms with van der Waals surface area (Å²) in [4.78, 5) is 26.3. The van der Waals surface area contributed by atoms with E-state index in [4.69, 9.17) is 19.5 Å². The number of Topliss-reactive ketones (excluding diaryl/α,β-unsaturated/α-hetero) is 1. The number of rotatable bonds is 8. The molecular formula is C39H46BF2N3O10S2. The Hall–Kier alpha value is -5.04. The van der Waals surface area contributed by atoms with Crippen molar-refractivity contribution in [1.82, 2.24) is 0 Å². The van der Waals surface area contributed by atoms with Gasteiger partial charge in [0.1, 0.15) is 23.1 Å². The molecule has 0 saturated heterocycles. The van der Waals surface area contributed by atoms with Gasteiger partial charge < -0.3 is 19.5 Å². The maximum Gasteiger partial charge on any atom is 0.488 e. The smallest absolute Gasteiger partial charge is 0.480 e. The first kappa shape index (κ1) is 44.7. The lowest BCUT2D eigenvalue weighted by molar-refractivity contribution is -0.133. The van der Waals surface area contributed by atoms with Crippen LogP contribution >= 0.6 is 0 Å². The van der Waals surface area contributed by atoms with E-state index >= 15 is 0 Å². The molecule has 18 heteroatoms. The monoisotopic (exact) mass is 829 g/mol. The highest BCUT2D eigenvalue weighted by Gasteiger charge is 2.42. The van der Waals surface area contributed by atoms with Gasteiger partial charge >= 0.3 is 7.12 Å². The standard InChI is InChI=1S/C19H21FN2O4S.C14H19NO4S.C6H6BFO2/c1-5-21(27(4,24)25)15-10-11-16-17(12-15)26-19(2,3)18(23)22(16)14-8-6-13(20)7-9-14;1-5-15(20(4,17)18)11-7-6-10-8-13(16)14(2,3)19-12(10)9-11;8-6-3-1-5(2-4-6)7(9)10/h6-12H,5H2,1-4H3;6-7,9H,5,8H2,1-4H3;1-4,9-10H. The summed E-state index contributed by atoms with van der Waals surface area (Å²) in [6, 6.07) is 20.6. The molecule has 0 atom stereocenters. The van der Waals surface area contributed by atoms with Gasteiger partial charge in [0.15, 0.2) is 17.0 Å². The van der Waals surface area contributed by atoms with Crippen LogP contribution in [-0.2, 0) is 36.1 Å². The molecule has 2 N–H and O–H groups in total. The zero-order chi connectivity index (χ0) is 42.7. The SMILES string of the molecule is CCN(c1ccc2c(c1)OC(C)(C)C(=O)C2)S(C)(=O)=O.CCN(c1ccc2c(c1)OC(C)(C)C(=O)N2c1ccc(F)cc1)S(C)(=O)=O.OB(O)c1ccc(F)cc1. The maximum absolute atomic E-state index is 13.3. The third-order valence-electron chi connectivity index (χ3n) is 8.91. The number of carbonyl (C=O) groups is 2. The Morgan fingerprint density at radius 1 is 0.702 bits per heavy atom. The van der Waals surface area contributed by atoms with Crippen molar-refractivity contribution in [2.24, 2.45) is 0 Å². The molecule has 13 nitrogen and oxygen atoms in total. The molecule has 2 aliphatic heterocycles. The van der Waals surface area contributed by atoms with Gasteiger partial charge in [0, 0.05) is 42.9 Å². The number of ether oxygens (including phenoxy) is 2. The first-order valence-corrected chi connectivity index (χ1v) is 21.4. The van der Waals surface area contributed by atoms with Crippen LogP contribution in [0.1, 0.15) is 47.1 Å². The van der Waals surface area contributed by atoms with E-state index in [1.165, 1.54) is 68.3 Å². The Morgan fingerprint density at radius 3 is 1.63 bits per heavy atom. The number of anilines is 4. The molecule has 0 spiro atoms. The van der Waals surface area contributed by atoms with Gasteiger partial charge in [0.05, 0.1) is 29.6 Å². The normalized spacial score (nSPS) is 15.3. The van der Waals surface area contributed by atoms with E-state index in [0.717, 1.165) is 11.8 Å². The van der Waals surface area contributed by atoms with E-state index in [-0.39, 0.29) is 24.1 Å². The summed E-state index contributed by atoms with van der Waals surface area (Å²) < 4.78 is 87.1. The van der Waals surface area contributed by atoms with Crippen molar-refractivity contribution < 1.29 is 54.7 Å². The second-order valence-corrected chi connectivity index (χ2v) is 18.0. The van der Waals surface area contributed by atoms with E-state index in [0.29, 0.717) is 52.7 Å². The van der Waals surface area contributed by atoms with Gasteiger partial charge in [-0.3, -0.25) is 23.1 Å². The number of hydrogen-bond acceptors (Lipinski definition) is 10. The summed E-state index contributed by atoms with van der Waals surface area (Å²) in [7, 11) is -8.29.